The van der Waals surface area contributed by atoms with Crippen molar-refractivity contribution in [1.29, 1.82) is 0 Å². The van der Waals surface area contributed by atoms with Gasteiger partial charge in [-0.25, -0.2) is 0 Å². The zero-order valence-corrected chi connectivity index (χ0v) is 19.8. The van der Waals surface area contributed by atoms with Gasteiger partial charge in [0.1, 0.15) is 0 Å². The first kappa shape index (κ1) is 23.1. The van der Waals surface area contributed by atoms with Gasteiger partial charge in [0, 0.05) is 37.6 Å². The van der Waals surface area contributed by atoms with Crippen LogP contribution >= 0.6 is 0 Å². The molecule has 1 fully saturated rings. The van der Waals surface area contributed by atoms with Crippen molar-refractivity contribution in [2.24, 2.45) is 0 Å². The third-order valence-corrected chi connectivity index (χ3v) is 6.72. The van der Waals surface area contributed by atoms with Crippen molar-refractivity contribution in [3.8, 4) is 0 Å². The molecular weight excluding hydrogens is 438 g/mol. The molecule has 2 aliphatic rings. The number of hydrogen-bond donors (Lipinski definition) is 2. The number of carbonyl (C=O) groups excluding carboxylic acids is 2. The standard InChI is InChI=1S/C29H31N3O3/c33-28(17-21-7-2-1-3-8-21)31-24-12-13-27(32-15-14-22-9-4-5-10-23(22)20-32)26(18-24)29(34)30-19-25-11-6-16-35-25/h1-5,7-10,12-13,18,25H,6,11,14-17,19-20H2,(H,30,34)(H,31,33)/t25-/m1/s1. The molecule has 0 saturated carbocycles. The normalized spacial score (nSPS) is 17.0. The fraction of sp³-hybridized carbons (Fsp3) is 0.310. The summed E-state index contributed by atoms with van der Waals surface area (Å²) in [6.45, 7) is 2.83. The summed E-state index contributed by atoms with van der Waals surface area (Å²) < 4.78 is 5.68. The molecule has 2 aliphatic heterocycles. The van der Waals surface area contributed by atoms with Gasteiger partial charge in [0.2, 0.25) is 5.91 Å². The Balaban J connectivity index is 1.36. The summed E-state index contributed by atoms with van der Waals surface area (Å²) in [5, 5.41) is 6.02. The molecule has 6 heteroatoms. The minimum Gasteiger partial charge on any atom is -0.376 e. The van der Waals surface area contributed by atoms with E-state index in [2.05, 4.69) is 39.8 Å². The molecule has 5 rings (SSSR count). The van der Waals surface area contributed by atoms with E-state index in [1.54, 1.807) is 6.07 Å². The van der Waals surface area contributed by atoms with E-state index in [9.17, 15) is 9.59 Å². The average Bonchev–Trinajstić information content (AvgIpc) is 3.41. The number of hydrogen-bond acceptors (Lipinski definition) is 4. The van der Waals surface area contributed by atoms with Crippen LogP contribution in [-0.4, -0.2) is 37.6 Å². The van der Waals surface area contributed by atoms with Gasteiger partial charge in [0.25, 0.3) is 5.91 Å². The van der Waals surface area contributed by atoms with Crippen LogP contribution in [0.5, 0.6) is 0 Å². The summed E-state index contributed by atoms with van der Waals surface area (Å²) in [7, 11) is 0. The number of fused-ring (bicyclic) bond motifs is 1. The number of nitrogens with one attached hydrogen (secondary N) is 2. The van der Waals surface area contributed by atoms with Crippen molar-refractivity contribution in [1.82, 2.24) is 5.32 Å². The largest absolute Gasteiger partial charge is 0.376 e. The molecule has 0 aliphatic carbocycles. The molecule has 2 amide bonds. The summed E-state index contributed by atoms with van der Waals surface area (Å²) in [6.07, 6.45) is 3.28. The molecule has 1 atom stereocenters. The highest BCUT2D eigenvalue weighted by Crippen LogP contribution is 2.30. The van der Waals surface area contributed by atoms with Gasteiger partial charge < -0.3 is 20.3 Å². The quantitative estimate of drug-likeness (QED) is 0.540. The monoisotopic (exact) mass is 469 g/mol. The van der Waals surface area contributed by atoms with Crippen LogP contribution in [0, 0.1) is 0 Å². The first-order valence-electron chi connectivity index (χ1n) is 12.3. The predicted molar refractivity (Wildman–Crippen MR) is 138 cm³/mol. The van der Waals surface area contributed by atoms with Crippen LogP contribution in [0.3, 0.4) is 0 Å². The fourth-order valence-corrected chi connectivity index (χ4v) is 4.87. The Labute approximate surface area is 206 Å². The predicted octanol–water partition coefficient (Wildman–Crippen LogP) is 4.34. The number of anilines is 2. The molecule has 180 valence electrons. The van der Waals surface area contributed by atoms with E-state index in [-0.39, 0.29) is 24.3 Å². The van der Waals surface area contributed by atoms with Gasteiger partial charge in [0.15, 0.2) is 0 Å². The van der Waals surface area contributed by atoms with Gasteiger partial charge in [-0.15, -0.1) is 0 Å². The van der Waals surface area contributed by atoms with Crippen molar-refractivity contribution >= 4 is 23.2 Å². The molecule has 0 bridgehead atoms. The lowest BCUT2D eigenvalue weighted by Gasteiger charge is -2.32. The Morgan fingerprint density at radius 3 is 2.57 bits per heavy atom. The van der Waals surface area contributed by atoms with Crippen LogP contribution in [0.2, 0.25) is 0 Å². The minimum absolute atomic E-state index is 0.0676. The van der Waals surface area contributed by atoms with Crippen molar-refractivity contribution < 1.29 is 14.3 Å². The second-order valence-electron chi connectivity index (χ2n) is 9.23. The third-order valence-electron chi connectivity index (χ3n) is 6.72. The van der Waals surface area contributed by atoms with Crippen LogP contribution < -0.4 is 15.5 Å². The maximum absolute atomic E-state index is 13.3. The summed E-state index contributed by atoms with van der Waals surface area (Å²) >= 11 is 0. The summed E-state index contributed by atoms with van der Waals surface area (Å²) in [5.74, 6) is -0.255. The highest BCUT2D eigenvalue weighted by atomic mass is 16.5. The molecule has 3 aromatic rings. The maximum Gasteiger partial charge on any atom is 0.253 e. The zero-order valence-electron chi connectivity index (χ0n) is 19.8. The van der Waals surface area contributed by atoms with Crippen molar-refractivity contribution in [2.45, 2.75) is 38.3 Å². The molecule has 0 unspecified atom stereocenters. The molecule has 3 aromatic carbocycles. The second-order valence-corrected chi connectivity index (χ2v) is 9.23. The number of amides is 2. The first-order valence-corrected chi connectivity index (χ1v) is 12.3. The van der Waals surface area contributed by atoms with E-state index < -0.39 is 0 Å². The smallest absolute Gasteiger partial charge is 0.253 e. The van der Waals surface area contributed by atoms with E-state index in [1.165, 1.54) is 11.1 Å². The second kappa shape index (κ2) is 10.7. The van der Waals surface area contributed by atoms with E-state index >= 15 is 0 Å². The van der Waals surface area contributed by atoms with Crippen LogP contribution in [-0.2, 0) is 28.9 Å². The van der Waals surface area contributed by atoms with E-state index in [0.29, 0.717) is 17.8 Å². The Morgan fingerprint density at radius 2 is 1.77 bits per heavy atom. The fourth-order valence-electron chi connectivity index (χ4n) is 4.87. The summed E-state index contributed by atoms with van der Waals surface area (Å²) in [6, 6.07) is 23.7. The van der Waals surface area contributed by atoms with E-state index in [1.807, 2.05) is 42.5 Å². The van der Waals surface area contributed by atoms with Crippen LogP contribution in [0.4, 0.5) is 11.4 Å². The highest BCUT2D eigenvalue weighted by molar-refractivity contribution is 6.02. The third kappa shape index (κ3) is 5.72. The zero-order chi connectivity index (χ0) is 24.0. The lowest BCUT2D eigenvalue weighted by atomic mass is 9.98. The topological polar surface area (TPSA) is 70.7 Å². The van der Waals surface area contributed by atoms with Gasteiger partial charge in [0.05, 0.1) is 18.1 Å². The average molecular weight is 470 g/mol. The number of rotatable bonds is 7. The number of benzene rings is 3. The van der Waals surface area contributed by atoms with Crippen molar-refractivity contribution in [3.05, 3.63) is 95.1 Å². The van der Waals surface area contributed by atoms with Crippen LogP contribution in [0.1, 0.15) is 39.9 Å². The molecule has 1 saturated heterocycles. The molecule has 6 nitrogen and oxygen atoms in total. The first-order chi connectivity index (χ1) is 17.2. The Kier molecular flexibility index (Phi) is 7.09. The van der Waals surface area contributed by atoms with Gasteiger partial charge in [-0.2, -0.15) is 0 Å². The van der Waals surface area contributed by atoms with Gasteiger partial charge >= 0.3 is 0 Å². The maximum atomic E-state index is 13.3. The van der Waals surface area contributed by atoms with E-state index in [0.717, 1.165) is 50.2 Å². The molecular formula is C29H31N3O3. The van der Waals surface area contributed by atoms with Crippen molar-refractivity contribution in [3.63, 3.8) is 0 Å². The minimum atomic E-state index is -0.145. The number of ether oxygens (including phenoxy) is 1. The van der Waals surface area contributed by atoms with Crippen molar-refractivity contribution in [2.75, 3.05) is 29.9 Å². The molecule has 0 aromatic heterocycles. The highest BCUT2D eigenvalue weighted by Gasteiger charge is 2.23. The summed E-state index contributed by atoms with van der Waals surface area (Å²) in [5.41, 5.74) is 5.66. The van der Waals surface area contributed by atoms with Crippen LogP contribution in [0.15, 0.2) is 72.8 Å². The molecule has 2 heterocycles. The Bertz CT molecular complexity index is 1190. The molecule has 0 radical (unpaired) electrons. The van der Waals surface area contributed by atoms with Crippen LogP contribution in [0.25, 0.3) is 0 Å². The SMILES string of the molecule is O=C(Cc1ccccc1)Nc1ccc(N2CCc3ccccc3C2)c(C(=O)NC[C@H]2CCCO2)c1. The Hall–Kier alpha value is -3.64. The van der Waals surface area contributed by atoms with Gasteiger partial charge in [-0.3, -0.25) is 9.59 Å². The number of carbonyl (C=O) groups is 2. The number of nitrogens with zero attached hydrogens (tertiary/aromatic N) is 1. The summed E-state index contributed by atoms with van der Waals surface area (Å²) in [4.78, 5) is 28.2. The van der Waals surface area contributed by atoms with E-state index in [4.69, 9.17) is 4.74 Å². The lowest BCUT2D eigenvalue weighted by molar-refractivity contribution is -0.115. The molecule has 2 N–H and O–H groups in total. The lowest BCUT2D eigenvalue weighted by Crippen LogP contribution is -2.35. The molecule has 0 spiro atoms. The van der Waals surface area contributed by atoms with Gasteiger partial charge in [-0.1, -0.05) is 54.6 Å². The van der Waals surface area contributed by atoms with Gasteiger partial charge in [-0.05, 0) is 54.2 Å². The molecule has 35 heavy (non-hydrogen) atoms. The Morgan fingerprint density at radius 1 is 0.971 bits per heavy atom.